The van der Waals surface area contributed by atoms with Crippen molar-refractivity contribution in [3.05, 3.63) is 59.3 Å². The first-order valence-corrected chi connectivity index (χ1v) is 9.63. The molecule has 1 aromatic heterocycles. The lowest BCUT2D eigenvalue weighted by molar-refractivity contribution is 0.100. The second kappa shape index (κ2) is 8.21. The molecule has 0 aliphatic rings. The number of hydrogen-bond donors (Lipinski definition) is 3. The molecule has 0 spiro atoms. The third kappa shape index (κ3) is 5.81. The number of aliphatic imine (C=N–C) groups is 1. The Kier molecular flexibility index (Phi) is 6.21. The first-order chi connectivity index (χ1) is 12.6. The first kappa shape index (κ1) is 20.4. The van der Waals surface area contributed by atoms with E-state index in [1.165, 1.54) is 0 Å². The summed E-state index contributed by atoms with van der Waals surface area (Å²) in [6, 6.07) is 14.4. The molecule has 0 unspecified atom stereocenters. The van der Waals surface area contributed by atoms with Crippen molar-refractivity contribution >= 4 is 44.6 Å². The van der Waals surface area contributed by atoms with Crippen LogP contribution < -0.4 is 11.5 Å². The van der Waals surface area contributed by atoms with Crippen LogP contribution in [-0.2, 0) is 10.1 Å². The summed E-state index contributed by atoms with van der Waals surface area (Å²) in [6.45, 7) is 0. The zero-order valence-electron chi connectivity index (χ0n) is 14.1. The number of carbonyl (C=O) groups is 1. The number of nitrogens with two attached hydrogens (primary N) is 2. The van der Waals surface area contributed by atoms with Gasteiger partial charge in [-0.2, -0.15) is 13.4 Å². The molecule has 0 fully saturated rings. The molecule has 0 saturated carbocycles. The second-order valence-corrected chi connectivity index (χ2v) is 7.21. The van der Waals surface area contributed by atoms with Crippen molar-refractivity contribution in [2.45, 2.75) is 0 Å². The van der Waals surface area contributed by atoms with Crippen LogP contribution in [0.2, 0.25) is 5.22 Å². The summed E-state index contributed by atoms with van der Waals surface area (Å²) in [6.07, 6.45) is 0.715. The summed E-state index contributed by atoms with van der Waals surface area (Å²) in [7, 11) is -3.67. The van der Waals surface area contributed by atoms with Crippen LogP contribution in [-0.4, -0.2) is 31.1 Å². The Balaban J connectivity index is 0.000000465. The fourth-order valence-corrected chi connectivity index (χ4v) is 2.57. The highest BCUT2D eigenvalue weighted by atomic mass is 35.5. The summed E-state index contributed by atoms with van der Waals surface area (Å²) >= 11 is 6.20. The number of halogens is 1. The average Bonchev–Trinajstić information content (AvgIpc) is 2.88. The topological polar surface area (TPSA) is 149 Å². The van der Waals surface area contributed by atoms with Crippen LogP contribution in [0.4, 0.5) is 0 Å². The van der Waals surface area contributed by atoms with E-state index in [1.54, 1.807) is 18.2 Å². The molecule has 2 aromatic carbocycles. The van der Waals surface area contributed by atoms with Crippen LogP contribution >= 0.6 is 11.6 Å². The molecule has 8 nitrogen and oxygen atoms in total. The van der Waals surface area contributed by atoms with E-state index in [0.717, 1.165) is 16.5 Å². The Bertz CT molecular complexity index is 1110. The standard InChI is InChI=1S/C16H12ClN3O2.CH4O3S/c17-14-13(11-6-1-2-7-12(11)22-14)9-4-3-5-10(8-9)15(21)20-16(18)19;1-5(2,3)4/h1-8H,(H4,18,19,20,21);1H3,(H,2,3,4). The highest BCUT2D eigenvalue weighted by Crippen LogP contribution is 2.38. The van der Waals surface area contributed by atoms with Crippen LogP contribution in [0.3, 0.4) is 0 Å². The van der Waals surface area contributed by atoms with E-state index in [-0.39, 0.29) is 11.2 Å². The van der Waals surface area contributed by atoms with E-state index in [2.05, 4.69) is 4.99 Å². The van der Waals surface area contributed by atoms with Crippen molar-refractivity contribution in [2.24, 2.45) is 16.5 Å². The lowest BCUT2D eigenvalue weighted by Gasteiger charge is -2.02. The molecule has 1 amide bonds. The summed E-state index contributed by atoms with van der Waals surface area (Å²) in [5.74, 6) is -0.784. The minimum atomic E-state index is -3.67. The van der Waals surface area contributed by atoms with Crippen LogP contribution in [0, 0.1) is 0 Å². The van der Waals surface area contributed by atoms with Crippen molar-refractivity contribution in [3.63, 3.8) is 0 Å². The minimum absolute atomic E-state index is 0.271. The first-order valence-electron chi connectivity index (χ1n) is 7.40. The number of furan rings is 1. The number of fused-ring (bicyclic) bond motifs is 1. The number of amides is 1. The summed E-state index contributed by atoms with van der Waals surface area (Å²) in [5, 5.41) is 1.14. The molecule has 0 atom stereocenters. The van der Waals surface area contributed by atoms with E-state index in [4.69, 9.17) is 32.0 Å². The van der Waals surface area contributed by atoms with Crippen LogP contribution in [0.5, 0.6) is 0 Å². The molecule has 0 saturated heterocycles. The van der Waals surface area contributed by atoms with Gasteiger partial charge in [-0.05, 0) is 35.4 Å². The Labute approximate surface area is 160 Å². The number of hydrogen-bond acceptors (Lipinski definition) is 4. The van der Waals surface area contributed by atoms with E-state index < -0.39 is 16.0 Å². The summed E-state index contributed by atoms with van der Waals surface area (Å²) < 4.78 is 31.4. The Morgan fingerprint density at radius 3 is 2.41 bits per heavy atom. The maximum Gasteiger partial charge on any atom is 0.280 e. The molecule has 5 N–H and O–H groups in total. The maximum atomic E-state index is 11.9. The third-order valence-electron chi connectivity index (χ3n) is 3.18. The van der Waals surface area contributed by atoms with Gasteiger partial charge < -0.3 is 15.9 Å². The second-order valence-electron chi connectivity index (χ2n) is 5.40. The van der Waals surface area contributed by atoms with Crippen molar-refractivity contribution in [1.82, 2.24) is 0 Å². The van der Waals surface area contributed by atoms with Gasteiger partial charge >= 0.3 is 0 Å². The van der Waals surface area contributed by atoms with Gasteiger partial charge in [0.1, 0.15) is 5.58 Å². The third-order valence-corrected chi connectivity index (χ3v) is 3.45. The molecule has 0 bridgehead atoms. The van der Waals surface area contributed by atoms with Gasteiger partial charge in [0.2, 0.25) is 5.22 Å². The van der Waals surface area contributed by atoms with E-state index in [9.17, 15) is 13.2 Å². The Morgan fingerprint density at radius 1 is 1.15 bits per heavy atom. The Hall–Kier alpha value is -2.88. The van der Waals surface area contributed by atoms with Gasteiger partial charge in [0, 0.05) is 16.5 Å². The minimum Gasteiger partial charge on any atom is -0.444 e. The number of carbonyl (C=O) groups excluding carboxylic acids is 1. The monoisotopic (exact) mass is 409 g/mol. The highest BCUT2D eigenvalue weighted by molar-refractivity contribution is 7.85. The predicted octanol–water partition coefficient (Wildman–Crippen LogP) is 2.67. The SMILES string of the molecule is CS(=O)(=O)O.NC(N)=NC(=O)c1cccc(-c2c(Cl)oc3ccccc23)c1. The van der Waals surface area contributed by atoms with Gasteiger partial charge in [0.25, 0.3) is 16.0 Å². The molecule has 0 radical (unpaired) electrons. The maximum absolute atomic E-state index is 11.9. The van der Waals surface area contributed by atoms with Gasteiger partial charge in [-0.25, -0.2) is 0 Å². The van der Waals surface area contributed by atoms with Gasteiger partial charge in [-0.1, -0.05) is 30.3 Å². The van der Waals surface area contributed by atoms with Crippen LogP contribution in [0.15, 0.2) is 57.9 Å². The molecule has 27 heavy (non-hydrogen) atoms. The normalized spacial score (nSPS) is 10.8. The quantitative estimate of drug-likeness (QED) is 0.334. The van der Waals surface area contributed by atoms with E-state index in [0.29, 0.717) is 17.4 Å². The molecule has 0 aliphatic heterocycles. The lowest BCUT2D eigenvalue weighted by Crippen LogP contribution is -2.24. The van der Waals surface area contributed by atoms with Gasteiger partial charge in [-0.15, -0.1) is 0 Å². The predicted molar refractivity (Wildman–Crippen MR) is 104 cm³/mol. The summed E-state index contributed by atoms with van der Waals surface area (Å²) in [4.78, 5) is 15.5. The smallest absolute Gasteiger partial charge is 0.280 e. The number of rotatable bonds is 2. The fraction of sp³-hybridized carbons (Fsp3) is 0.0588. The number of nitrogens with zero attached hydrogens (tertiary/aromatic N) is 1. The Morgan fingerprint density at radius 2 is 1.78 bits per heavy atom. The average molecular weight is 410 g/mol. The molecular weight excluding hydrogens is 394 g/mol. The van der Waals surface area contributed by atoms with E-state index in [1.807, 2.05) is 30.3 Å². The van der Waals surface area contributed by atoms with Crippen molar-refractivity contribution in [1.29, 1.82) is 0 Å². The fourth-order valence-electron chi connectivity index (χ4n) is 2.27. The van der Waals surface area contributed by atoms with Crippen molar-refractivity contribution in [3.8, 4) is 11.1 Å². The van der Waals surface area contributed by atoms with Crippen LogP contribution in [0.25, 0.3) is 22.1 Å². The lowest BCUT2D eigenvalue weighted by atomic mass is 10.0. The van der Waals surface area contributed by atoms with Crippen molar-refractivity contribution < 1.29 is 22.2 Å². The highest BCUT2D eigenvalue weighted by Gasteiger charge is 2.15. The van der Waals surface area contributed by atoms with Crippen LogP contribution in [0.1, 0.15) is 10.4 Å². The molecule has 1 heterocycles. The largest absolute Gasteiger partial charge is 0.444 e. The number of guanidine groups is 1. The zero-order chi connectivity index (χ0) is 20.2. The molecule has 142 valence electrons. The molecule has 3 aromatic rings. The zero-order valence-corrected chi connectivity index (χ0v) is 15.7. The molecular formula is C17H16ClN3O5S. The van der Waals surface area contributed by atoms with E-state index >= 15 is 0 Å². The van der Waals surface area contributed by atoms with Gasteiger partial charge in [-0.3, -0.25) is 9.35 Å². The van der Waals surface area contributed by atoms with Gasteiger partial charge in [0.05, 0.1) is 6.26 Å². The number of para-hydroxylation sites is 1. The number of benzene rings is 2. The summed E-state index contributed by atoms with van der Waals surface area (Å²) in [5.41, 5.74) is 13.0. The molecule has 3 rings (SSSR count). The van der Waals surface area contributed by atoms with Gasteiger partial charge in [0.15, 0.2) is 5.96 Å². The van der Waals surface area contributed by atoms with Crippen molar-refractivity contribution in [2.75, 3.05) is 6.26 Å². The molecule has 10 heteroatoms. The molecule has 0 aliphatic carbocycles.